The summed E-state index contributed by atoms with van der Waals surface area (Å²) in [6, 6.07) is 13.2. The molecule has 2 rings (SSSR count). The lowest BCUT2D eigenvalue weighted by Crippen LogP contribution is -2.30. The minimum atomic E-state index is -3.75. The summed E-state index contributed by atoms with van der Waals surface area (Å²) in [5.41, 5.74) is 1.65. The predicted molar refractivity (Wildman–Crippen MR) is 92.4 cm³/mol. The van der Waals surface area contributed by atoms with Gasteiger partial charge in [-0.3, -0.25) is 4.79 Å². The summed E-state index contributed by atoms with van der Waals surface area (Å²) in [5.74, 6) is 0.275. The molecule has 0 aliphatic heterocycles. The van der Waals surface area contributed by atoms with Crippen LogP contribution in [0.25, 0.3) is 0 Å². The van der Waals surface area contributed by atoms with E-state index in [0.717, 1.165) is 6.42 Å². The zero-order valence-electron chi connectivity index (χ0n) is 13.5. The maximum absolute atomic E-state index is 12.1. The van der Waals surface area contributed by atoms with Crippen LogP contribution in [0.3, 0.4) is 0 Å². The molecule has 0 bridgehead atoms. The van der Waals surface area contributed by atoms with E-state index in [2.05, 4.69) is 12.2 Å². The van der Waals surface area contributed by atoms with E-state index >= 15 is 0 Å². The number of aryl methyl sites for hydroxylation is 1. The van der Waals surface area contributed by atoms with Crippen LogP contribution in [0.5, 0.6) is 5.75 Å². The van der Waals surface area contributed by atoms with Crippen LogP contribution in [0.15, 0.2) is 53.4 Å². The van der Waals surface area contributed by atoms with Crippen molar-refractivity contribution in [3.05, 3.63) is 54.1 Å². The largest absolute Gasteiger partial charge is 0.481 e. The monoisotopic (exact) mass is 348 g/mol. The molecule has 7 heteroatoms. The fraction of sp³-hybridized carbons (Fsp3) is 0.235. The van der Waals surface area contributed by atoms with Crippen molar-refractivity contribution in [1.82, 2.24) is 0 Å². The Bertz CT molecular complexity index is 799. The van der Waals surface area contributed by atoms with E-state index in [1.165, 1.54) is 29.8 Å². The molecule has 0 saturated heterocycles. The van der Waals surface area contributed by atoms with Gasteiger partial charge in [0.1, 0.15) is 5.75 Å². The summed E-state index contributed by atoms with van der Waals surface area (Å²) < 4.78 is 28.0. The van der Waals surface area contributed by atoms with Gasteiger partial charge in [0.2, 0.25) is 10.0 Å². The highest BCUT2D eigenvalue weighted by Gasteiger charge is 2.15. The molecule has 0 spiro atoms. The number of carbonyl (C=O) groups is 1. The van der Waals surface area contributed by atoms with Gasteiger partial charge in [0.05, 0.1) is 4.90 Å². The summed E-state index contributed by atoms with van der Waals surface area (Å²) in [6.07, 6.45) is 0.237. The number of nitrogens with two attached hydrogens (primary N) is 1. The Kier molecular flexibility index (Phi) is 5.58. The minimum Gasteiger partial charge on any atom is -0.481 e. The Balaban J connectivity index is 1.98. The van der Waals surface area contributed by atoms with Crippen molar-refractivity contribution in [2.45, 2.75) is 31.3 Å². The molecule has 1 amide bonds. The highest BCUT2D eigenvalue weighted by atomic mass is 32.2. The summed E-state index contributed by atoms with van der Waals surface area (Å²) in [6.45, 7) is 3.70. The quantitative estimate of drug-likeness (QED) is 0.837. The molecule has 0 fully saturated rings. The van der Waals surface area contributed by atoms with Gasteiger partial charge in [0, 0.05) is 5.69 Å². The number of ether oxygens (including phenoxy) is 1. The summed E-state index contributed by atoms with van der Waals surface area (Å²) in [7, 11) is -3.75. The molecule has 2 aromatic rings. The van der Waals surface area contributed by atoms with Gasteiger partial charge in [-0.25, -0.2) is 13.6 Å². The van der Waals surface area contributed by atoms with Gasteiger partial charge >= 0.3 is 0 Å². The Morgan fingerprint density at radius 2 is 1.71 bits per heavy atom. The van der Waals surface area contributed by atoms with Gasteiger partial charge in [-0.15, -0.1) is 0 Å². The molecule has 0 aliphatic rings. The number of carbonyl (C=O) groups excluding carboxylic acids is 1. The third kappa shape index (κ3) is 4.81. The second-order valence-electron chi connectivity index (χ2n) is 5.32. The number of sulfonamides is 1. The summed E-state index contributed by atoms with van der Waals surface area (Å²) >= 11 is 0. The van der Waals surface area contributed by atoms with Gasteiger partial charge in [0.15, 0.2) is 6.10 Å². The predicted octanol–water partition coefficient (Wildman–Crippen LogP) is 2.30. The Morgan fingerprint density at radius 3 is 2.21 bits per heavy atom. The Morgan fingerprint density at radius 1 is 1.12 bits per heavy atom. The van der Waals surface area contributed by atoms with E-state index in [1.807, 2.05) is 24.3 Å². The third-order valence-corrected chi connectivity index (χ3v) is 4.39. The first-order valence-electron chi connectivity index (χ1n) is 7.49. The smallest absolute Gasteiger partial charge is 0.265 e. The number of benzene rings is 2. The number of nitrogens with one attached hydrogen (secondary N) is 1. The summed E-state index contributed by atoms with van der Waals surface area (Å²) in [4.78, 5) is 12.1. The van der Waals surface area contributed by atoms with E-state index in [0.29, 0.717) is 11.4 Å². The standard InChI is InChI=1S/C17H20N2O4S/c1-3-13-4-8-15(9-5-13)23-12(2)17(20)19-14-6-10-16(11-7-14)24(18,21)22/h4-12H,3H2,1-2H3,(H,19,20)(H2,18,21,22). The Hall–Kier alpha value is -2.38. The minimum absolute atomic E-state index is 0.0131. The topological polar surface area (TPSA) is 98.5 Å². The second kappa shape index (κ2) is 7.46. The molecule has 0 radical (unpaired) electrons. The molecule has 2 aromatic carbocycles. The van der Waals surface area contributed by atoms with Gasteiger partial charge in [-0.1, -0.05) is 19.1 Å². The Labute approximate surface area is 141 Å². The first-order valence-corrected chi connectivity index (χ1v) is 9.03. The molecule has 128 valence electrons. The van der Waals surface area contributed by atoms with Crippen LogP contribution in [0.4, 0.5) is 5.69 Å². The molecule has 0 heterocycles. The number of primary sulfonamides is 1. The van der Waals surface area contributed by atoms with Crippen molar-refractivity contribution in [3.63, 3.8) is 0 Å². The molecule has 6 nitrogen and oxygen atoms in total. The fourth-order valence-corrected chi connectivity index (χ4v) is 2.55. The van der Waals surface area contributed by atoms with E-state index < -0.39 is 16.1 Å². The number of anilines is 1. The fourth-order valence-electron chi connectivity index (χ4n) is 2.03. The molecule has 1 atom stereocenters. The number of rotatable bonds is 6. The average molecular weight is 348 g/mol. The van der Waals surface area contributed by atoms with Crippen molar-refractivity contribution in [2.75, 3.05) is 5.32 Å². The van der Waals surface area contributed by atoms with Crippen LogP contribution in [0.2, 0.25) is 0 Å². The second-order valence-corrected chi connectivity index (χ2v) is 6.88. The molecular formula is C17H20N2O4S. The van der Waals surface area contributed by atoms with Gasteiger partial charge in [-0.05, 0) is 55.3 Å². The van der Waals surface area contributed by atoms with Crippen LogP contribution in [-0.2, 0) is 21.2 Å². The van der Waals surface area contributed by atoms with Crippen molar-refractivity contribution in [1.29, 1.82) is 0 Å². The average Bonchev–Trinajstić information content (AvgIpc) is 2.55. The van der Waals surface area contributed by atoms with Gasteiger partial charge in [-0.2, -0.15) is 0 Å². The van der Waals surface area contributed by atoms with E-state index in [1.54, 1.807) is 6.92 Å². The van der Waals surface area contributed by atoms with Crippen LogP contribution >= 0.6 is 0 Å². The lowest BCUT2D eigenvalue weighted by atomic mass is 10.2. The number of amides is 1. The molecule has 0 aromatic heterocycles. The van der Waals surface area contributed by atoms with Crippen molar-refractivity contribution >= 4 is 21.6 Å². The lowest BCUT2D eigenvalue weighted by Gasteiger charge is -2.15. The molecular weight excluding hydrogens is 328 g/mol. The molecule has 0 saturated carbocycles. The lowest BCUT2D eigenvalue weighted by molar-refractivity contribution is -0.122. The van der Waals surface area contributed by atoms with Gasteiger partial charge in [0.25, 0.3) is 5.91 Å². The van der Waals surface area contributed by atoms with E-state index in [-0.39, 0.29) is 10.8 Å². The van der Waals surface area contributed by atoms with E-state index in [9.17, 15) is 13.2 Å². The van der Waals surface area contributed by atoms with Gasteiger partial charge < -0.3 is 10.1 Å². The number of hydrogen-bond acceptors (Lipinski definition) is 4. The highest BCUT2D eigenvalue weighted by Crippen LogP contribution is 2.16. The molecule has 1 unspecified atom stereocenters. The maximum Gasteiger partial charge on any atom is 0.265 e. The molecule has 24 heavy (non-hydrogen) atoms. The molecule has 0 aliphatic carbocycles. The zero-order chi connectivity index (χ0) is 17.7. The van der Waals surface area contributed by atoms with Crippen LogP contribution in [-0.4, -0.2) is 20.4 Å². The van der Waals surface area contributed by atoms with Crippen molar-refractivity contribution in [3.8, 4) is 5.75 Å². The van der Waals surface area contributed by atoms with E-state index in [4.69, 9.17) is 9.88 Å². The van der Waals surface area contributed by atoms with Crippen LogP contribution < -0.4 is 15.2 Å². The summed E-state index contributed by atoms with van der Waals surface area (Å²) in [5, 5.41) is 7.69. The SMILES string of the molecule is CCc1ccc(OC(C)C(=O)Nc2ccc(S(N)(=O)=O)cc2)cc1. The third-order valence-electron chi connectivity index (χ3n) is 3.46. The molecule has 3 N–H and O–H groups in total. The normalized spacial score (nSPS) is 12.5. The number of hydrogen-bond donors (Lipinski definition) is 2. The zero-order valence-corrected chi connectivity index (χ0v) is 14.3. The van der Waals surface area contributed by atoms with Crippen LogP contribution in [0.1, 0.15) is 19.4 Å². The van der Waals surface area contributed by atoms with Crippen LogP contribution in [0, 0.1) is 0 Å². The van der Waals surface area contributed by atoms with Crippen molar-refractivity contribution in [2.24, 2.45) is 5.14 Å². The first kappa shape index (κ1) is 18.0. The highest BCUT2D eigenvalue weighted by molar-refractivity contribution is 7.89. The maximum atomic E-state index is 12.1. The first-order chi connectivity index (χ1) is 11.3. The van der Waals surface area contributed by atoms with Crippen molar-refractivity contribution < 1.29 is 17.9 Å².